The minimum absolute atomic E-state index is 0.196. The molecule has 5 rings (SSSR count). The van der Waals surface area contributed by atoms with Crippen LogP contribution in [-0.4, -0.2) is 44.8 Å². The van der Waals surface area contributed by atoms with Gasteiger partial charge < -0.3 is 30.4 Å². The Morgan fingerprint density at radius 3 is 2.11 bits per heavy atom. The first-order valence-electron chi connectivity index (χ1n) is 14.7. The van der Waals surface area contributed by atoms with Crippen molar-refractivity contribution in [3.63, 3.8) is 0 Å². The molecule has 1 atom stereocenters. The SMILES string of the molecule is CCc1cc2c(cc1CC)CC(NC[C@H](O)c1ccc(OCc3ccccc3)c3[nH]c(=O)ccc13)C2.O=C(O)/C=C/C(=O)O. The van der Waals surface area contributed by atoms with Gasteiger partial charge in [-0.25, -0.2) is 9.59 Å². The summed E-state index contributed by atoms with van der Waals surface area (Å²) in [5.74, 6) is -1.92. The van der Waals surface area contributed by atoms with Crippen molar-refractivity contribution < 1.29 is 29.6 Å². The van der Waals surface area contributed by atoms with Gasteiger partial charge in [-0.05, 0) is 71.2 Å². The molecule has 3 aromatic carbocycles. The maximum absolute atomic E-state index is 12.1. The first kappa shape index (κ1) is 32.2. The van der Waals surface area contributed by atoms with Gasteiger partial charge in [-0.15, -0.1) is 0 Å². The zero-order valence-electron chi connectivity index (χ0n) is 24.9. The Morgan fingerprint density at radius 1 is 0.932 bits per heavy atom. The number of ether oxygens (including phenoxy) is 1. The number of nitrogens with one attached hydrogen (secondary N) is 2. The number of hydrogen-bond donors (Lipinski definition) is 5. The fourth-order valence-electron chi connectivity index (χ4n) is 5.50. The number of carbonyl (C=O) groups is 2. The molecule has 0 unspecified atom stereocenters. The molecule has 0 radical (unpaired) electrons. The number of hydrogen-bond acceptors (Lipinski definition) is 6. The molecule has 0 aliphatic heterocycles. The van der Waals surface area contributed by atoms with Crippen molar-refractivity contribution in [1.82, 2.24) is 10.3 Å². The van der Waals surface area contributed by atoms with Crippen LogP contribution in [0.3, 0.4) is 0 Å². The normalized spacial score (nSPS) is 13.3. The van der Waals surface area contributed by atoms with E-state index < -0.39 is 18.0 Å². The Morgan fingerprint density at radius 2 is 1.55 bits per heavy atom. The molecule has 9 heteroatoms. The maximum atomic E-state index is 12.1. The van der Waals surface area contributed by atoms with Crippen LogP contribution in [-0.2, 0) is 41.9 Å². The summed E-state index contributed by atoms with van der Waals surface area (Å²) in [6, 6.07) is 22.0. The third-order valence-corrected chi connectivity index (χ3v) is 7.67. The number of pyridine rings is 1. The lowest BCUT2D eigenvalue weighted by atomic mass is 9.97. The third-order valence-electron chi connectivity index (χ3n) is 7.67. The molecule has 1 aliphatic rings. The molecule has 0 spiro atoms. The summed E-state index contributed by atoms with van der Waals surface area (Å²) in [4.78, 5) is 34.1. The van der Waals surface area contributed by atoms with Gasteiger partial charge >= 0.3 is 11.9 Å². The van der Waals surface area contributed by atoms with Crippen molar-refractivity contribution in [3.05, 3.63) is 123 Å². The molecule has 0 bridgehead atoms. The van der Waals surface area contributed by atoms with E-state index in [1.807, 2.05) is 42.5 Å². The van der Waals surface area contributed by atoms with Gasteiger partial charge in [-0.3, -0.25) is 4.79 Å². The number of aryl methyl sites for hydroxylation is 2. The Labute approximate surface area is 255 Å². The number of fused-ring (bicyclic) bond motifs is 2. The second-order valence-electron chi connectivity index (χ2n) is 10.7. The van der Waals surface area contributed by atoms with Gasteiger partial charge in [0.15, 0.2) is 0 Å². The molecule has 44 heavy (non-hydrogen) atoms. The molecule has 1 aliphatic carbocycles. The number of rotatable bonds is 11. The number of aliphatic hydroxyl groups excluding tert-OH is 1. The van der Waals surface area contributed by atoms with E-state index >= 15 is 0 Å². The second-order valence-corrected chi connectivity index (χ2v) is 10.7. The molecule has 1 aromatic heterocycles. The fourth-order valence-corrected chi connectivity index (χ4v) is 5.50. The summed E-state index contributed by atoms with van der Waals surface area (Å²) in [7, 11) is 0. The van der Waals surface area contributed by atoms with Crippen LogP contribution in [0.25, 0.3) is 10.9 Å². The second kappa shape index (κ2) is 15.1. The van der Waals surface area contributed by atoms with Crippen molar-refractivity contribution in [2.45, 2.75) is 58.3 Å². The van der Waals surface area contributed by atoms with Crippen LogP contribution in [0.2, 0.25) is 0 Å². The molecule has 0 saturated heterocycles. The molecule has 1 heterocycles. The van der Waals surface area contributed by atoms with Crippen molar-refractivity contribution in [2.75, 3.05) is 6.54 Å². The highest BCUT2D eigenvalue weighted by Crippen LogP contribution is 2.31. The summed E-state index contributed by atoms with van der Waals surface area (Å²) in [5, 5.41) is 31.1. The summed E-state index contributed by atoms with van der Waals surface area (Å²) < 4.78 is 6.04. The van der Waals surface area contributed by atoms with E-state index in [1.54, 1.807) is 6.07 Å². The highest BCUT2D eigenvalue weighted by Gasteiger charge is 2.24. The summed E-state index contributed by atoms with van der Waals surface area (Å²) >= 11 is 0. The van der Waals surface area contributed by atoms with Crippen LogP contribution in [0.5, 0.6) is 5.75 Å². The molecule has 4 aromatic rings. The van der Waals surface area contributed by atoms with E-state index in [-0.39, 0.29) is 5.56 Å². The average molecular weight is 599 g/mol. The first-order valence-corrected chi connectivity index (χ1v) is 14.7. The lowest BCUT2D eigenvalue weighted by Gasteiger charge is -2.19. The van der Waals surface area contributed by atoms with Gasteiger partial charge in [0.05, 0.1) is 11.6 Å². The quantitative estimate of drug-likeness (QED) is 0.156. The topological polar surface area (TPSA) is 149 Å². The predicted molar refractivity (Wildman–Crippen MR) is 169 cm³/mol. The van der Waals surface area contributed by atoms with Crippen LogP contribution in [0.1, 0.15) is 53.3 Å². The van der Waals surface area contributed by atoms with Crippen LogP contribution in [0, 0.1) is 0 Å². The fraction of sp³-hybridized carbons (Fsp3) is 0.286. The van der Waals surface area contributed by atoms with Gasteiger partial charge in [-0.2, -0.15) is 0 Å². The largest absolute Gasteiger partial charge is 0.487 e. The van der Waals surface area contributed by atoms with Crippen molar-refractivity contribution in [2.24, 2.45) is 0 Å². The van der Waals surface area contributed by atoms with E-state index in [2.05, 4.69) is 36.3 Å². The molecule has 0 saturated carbocycles. The van der Waals surface area contributed by atoms with Gasteiger partial charge in [0.25, 0.3) is 0 Å². The summed E-state index contributed by atoms with van der Waals surface area (Å²) in [6.45, 7) is 5.28. The van der Waals surface area contributed by atoms with Crippen LogP contribution < -0.4 is 15.6 Å². The van der Waals surface area contributed by atoms with Crippen LogP contribution in [0.4, 0.5) is 0 Å². The first-order chi connectivity index (χ1) is 21.2. The van der Waals surface area contributed by atoms with E-state index in [0.29, 0.717) is 42.6 Å². The van der Waals surface area contributed by atoms with E-state index in [9.17, 15) is 19.5 Å². The average Bonchev–Trinajstić information content (AvgIpc) is 3.43. The van der Waals surface area contributed by atoms with Crippen molar-refractivity contribution in [1.29, 1.82) is 0 Å². The number of carboxylic acids is 2. The van der Waals surface area contributed by atoms with Gasteiger partial charge in [-0.1, -0.05) is 62.4 Å². The molecule has 230 valence electrons. The van der Waals surface area contributed by atoms with Gasteiger partial charge in [0, 0.05) is 36.2 Å². The molecule has 9 nitrogen and oxygen atoms in total. The molecule has 0 fully saturated rings. The number of aromatic nitrogens is 1. The number of benzene rings is 3. The number of carboxylic acid groups (broad SMARTS) is 2. The van der Waals surface area contributed by atoms with Crippen molar-refractivity contribution >= 4 is 22.8 Å². The highest BCUT2D eigenvalue weighted by atomic mass is 16.5. The Kier molecular flexibility index (Phi) is 11.1. The molecular formula is C35H38N2O7. The zero-order valence-corrected chi connectivity index (χ0v) is 24.9. The third kappa shape index (κ3) is 8.43. The Hall–Kier alpha value is -4.73. The Balaban J connectivity index is 0.000000488. The minimum atomic E-state index is -1.26. The van der Waals surface area contributed by atoms with Crippen LogP contribution >= 0.6 is 0 Å². The molecule has 0 amide bonds. The Bertz CT molecular complexity index is 1650. The van der Waals surface area contributed by atoms with E-state index in [4.69, 9.17) is 14.9 Å². The summed E-state index contributed by atoms with van der Waals surface area (Å²) in [5.41, 5.74) is 8.00. The molecule has 5 N–H and O–H groups in total. The predicted octanol–water partition coefficient (Wildman–Crippen LogP) is 4.73. The van der Waals surface area contributed by atoms with Crippen molar-refractivity contribution in [3.8, 4) is 5.75 Å². The maximum Gasteiger partial charge on any atom is 0.328 e. The monoisotopic (exact) mass is 598 g/mol. The number of aliphatic hydroxyl groups is 1. The zero-order chi connectivity index (χ0) is 31.6. The van der Waals surface area contributed by atoms with Gasteiger partial charge in [0.2, 0.25) is 5.56 Å². The standard InChI is InChI=1S/C31H34N2O3.C4H4O4/c1-3-21-14-23-16-25(17-24(23)15-22(21)4-2)32-18-28(34)26-10-12-29(31-27(26)11-13-30(35)33-31)36-19-20-8-6-5-7-9-20;5-3(6)1-2-4(7)8/h5-15,25,28,32,34H,3-4,16-19H2,1-2H3,(H,33,35);1-2H,(H,5,6)(H,7,8)/b;2-1+/t28-;/m0./s1. The van der Waals surface area contributed by atoms with E-state index in [0.717, 1.165) is 42.2 Å². The lowest BCUT2D eigenvalue weighted by Crippen LogP contribution is -2.33. The number of aliphatic carboxylic acids is 2. The number of H-pyrrole nitrogens is 1. The lowest BCUT2D eigenvalue weighted by molar-refractivity contribution is -0.134. The molecular weight excluding hydrogens is 560 g/mol. The minimum Gasteiger partial charge on any atom is -0.487 e. The number of aromatic amines is 1. The van der Waals surface area contributed by atoms with E-state index in [1.165, 1.54) is 28.3 Å². The van der Waals surface area contributed by atoms with Gasteiger partial charge in [0.1, 0.15) is 12.4 Å². The van der Waals surface area contributed by atoms with Crippen LogP contribution in [0.15, 0.2) is 83.7 Å². The summed E-state index contributed by atoms with van der Waals surface area (Å²) in [6.07, 6.45) is 4.51. The highest BCUT2D eigenvalue weighted by molar-refractivity contribution is 5.89. The smallest absolute Gasteiger partial charge is 0.328 e.